The van der Waals surface area contributed by atoms with Gasteiger partial charge in [-0.3, -0.25) is 0 Å². The highest BCUT2D eigenvalue weighted by Gasteiger charge is 1.98. The molecule has 0 nitrogen and oxygen atoms in total. The van der Waals surface area contributed by atoms with E-state index in [0.717, 1.165) is 25.7 Å². The van der Waals surface area contributed by atoms with Crippen LogP contribution in [0.4, 0.5) is 0 Å². The molecule has 0 N–H and O–H groups in total. The van der Waals surface area contributed by atoms with E-state index in [2.05, 4.69) is 123 Å². The van der Waals surface area contributed by atoms with Crippen LogP contribution in [0.2, 0.25) is 0 Å². The standard InChI is InChI=1S/2C18H18/c1-3-15-7-5-9-17(13-15)11-12-18-10-6-8-16(4-2)14-18;1-3-15-8-10-17(11-9-15)12-13-18-7-5-6-16(4-2)14-18/h3-10,13-14H,1-2,11-12H2;3-11,14H,1-2,12-13H2. The fourth-order valence-electron chi connectivity index (χ4n) is 4.02. The molecule has 0 aromatic heterocycles. The highest BCUT2D eigenvalue weighted by molar-refractivity contribution is 5.50. The first-order valence-corrected chi connectivity index (χ1v) is 12.5. The molecule has 0 radical (unpaired) electrons. The number of hydrogen-bond acceptors (Lipinski definition) is 0. The molecule has 0 heterocycles. The number of benzene rings is 4. The van der Waals surface area contributed by atoms with Crippen molar-refractivity contribution in [3.8, 4) is 0 Å². The molecule has 0 aliphatic heterocycles. The maximum atomic E-state index is 3.80. The first kappa shape index (κ1) is 26.4. The smallest absolute Gasteiger partial charge is 0.0238 e. The lowest BCUT2D eigenvalue weighted by Crippen LogP contribution is -1.92. The van der Waals surface area contributed by atoms with Gasteiger partial charge >= 0.3 is 0 Å². The largest absolute Gasteiger partial charge is 0.0985 e. The van der Waals surface area contributed by atoms with Gasteiger partial charge < -0.3 is 0 Å². The van der Waals surface area contributed by atoms with Crippen LogP contribution < -0.4 is 0 Å². The molecular formula is C36H36. The van der Waals surface area contributed by atoms with Crippen LogP contribution in [0, 0.1) is 0 Å². The molecule has 4 aromatic rings. The van der Waals surface area contributed by atoms with Gasteiger partial charge in [0.1, 0.15) is 0 Å². The second kappa shape index (κ2) is 14.3. The third-order valence-electron chi connectivity index (χ3n) is 6.18. The van der Waals surface area contributed by atoms with Crippen molar-refractivity contribution in [2.45, 2.75) is 25.7 Å². The average molecular weight is 469 g/mol. The van der Waals surface area contributed by atoms with E-state index in [9.17, 15) is 0 Å². The van der Waals surface area contributed by atoms with Crippen molar-refractivity contribution in [2.24, 2.45) is 0 Å². The predicted octanol–water partition coefficient (Wildman–Crippen LogP) is 9.52. The fourth-order valence-corrected chi connectivity index (χ4v) is 4.02. The Kier molecular flexibility index (Phi) is 10.5. The second-order valence-corrected chi connectivity index (χ2v) is 8.79. The van der Waals surface area contributed by atoms with Gasteiger partial charge in [-0.2, -0.15) is 0 Å². The van der Waals surface area contributed by atoms with Gasteiger partial charge in [-0.25, -0.2) is 0 Å². The summed E-state index contributed by atoms with van der Waals surface area (Å²) in [4.78, 5) is 0. The third kappa shape index (κ3) is 8.56. The maximum Gasteiger partial charge on any atom is -0.0238 e. The molecule has 4 aromatic carbocycles. The molecule has 0 bridgehead atoms. The molecule has 180 valence electrons. The van der Waals surface area contributed by atoms with Crippen LogP contribution in [0.1, 0.15) is 44.5 Å². The summed E-state index contributed by atoms with van der Waals surface area (Å²) in [7, 11) is 0. The predicted molar refractivity (Wildman–Crippen MR) is 161 cm³/mol. The molecular weight excluding hydrogens is 432 g/mol. The van der Waals surface area contributed by atoms with Crippen LogP contribution in [0.5, 0.6) is 0 Å². The van der Waals surface area contributed by atoms with Gasteiger partial charge in [0.05, 0.1) is 0 Å². The molecule has 4 rings (SSSR count). The van der Waals surface area contributed by atoms with Crippen LogP contribution >= 0.6 is 0 Å². The molecule has 0 aliphatic rings. The van der Waals surface area contributed by atoms with E-state index >= 15 is 0 Å². The molecule has 0 heteroatoms. The van der Waals surface area contributed by atoms with E-state index < -0.39 is 0 Å². The van der Waals surface area contributed by atoms with Crippen LogP contribution in [0.15, 0.2) is 123 Å². The Labute approximate surface area is 217 Å². The minimum absolute atomic E-state index is 1.06. The quantitative estimate of drug-likeness (QED) is 0.217. The lowest BCUT2D eigenvalue weighted by atomic mass is 10.0. The molecule has 0 aliphatic carbocycles. The Bertz CT molecular complexity index is 1240. The molecule has 0 saturated heterocycles. The van der Waals surface area contributed by atoms with Crippen LogP contribution in [-0.4, -0.2) is 0 Å². The summed E-state index contributed by atoms with van der Waals surface area (Å²) in [6.45, 7) is 15.2. The summed E-state index contributed by atoms with van der Waals surface area (Å²) in [6.07, 6.45) is 11.8. The average Bonchev–Trinajstić information content (AvgIpc) is 2.96. The summed E-state index contributed by atoms with van der Waals surface area (Å²) in [5.41, 5.74) is 10.2. The van der Waals surface area contributed by atoms with E-state index in [1.165, 1.54) is 44.5 Å². The van der Waals surface area contributed by atoms with E-state index in [1.807, 2.05) is 24.3 Å². The first-order chi connectivity index (χ1) is 17.6. The lowest BCUT2D eigenvalue weighted by Gasteiger charge is -2.04. The molecule has 36 heavy (non-hydrogen) atoms. The van der Waals surface area contributed by atoms with Crippen molar-refractivity contribution < 1.29 is 0 Å². The normalized spacial score (nSPS) is 10.0. The van der Waals surface area contributed by atoms with Crippen molar-refractivity contribution in [1.82, 2.24) is 0 Å². The van der Waals surface area contributed by atoms with E-state index in [0.29, 0.717) is 0 Å². The van der Waals surface area contributed by atoms with Gasteiger partial charge in [0.15, 0.2) is 0 Å². The van der Waals surface area contributed by atoms with Crippen molar-refractivity contribution in [3.05, 3.63) is 168 Å². The van der Waals surface area contributed by atoms with Gasteiger partial charge in [-0.1, -0.05) is 148 Å². The third-order valence-corrected chi connectivity index (χ3v) is 6.18. The summed E-state index contributed by atoms with van der Waals surface area (Å²) in [5, 5.41) is 0. The Morgan fingerprint density at radius 3 is 1.03 bits per heavy atom. The number of aryl methyl sites for hydroxylation is 4. The molecule has 0 amide bonds. The highest BCUT2D eigenvalue weighted by atomic mass is 14.0. The van der Waals surface area contributed by atoms with Crippen molar-refractivity contribution >= 4 is 24.3 Å². The zero-order valence-corrected chi connectivity index (χ0v) is 21.2. The first-order valence-electron chi connectivity index (χ1n) is 12.5. The number of hydrogen-bond donors (Lipinski definition) is 0. The van der Waals surface area contributed by atoms with E-state index in [1.54, 1.807) is 0 Å². The molecule has 0 fully saturated rings. The summed E-state index contributed by atoms with van der Waals surface area (Å²) in [5.74, 6) is 0. The van der Waals surface area contributed by atoms with Gasteiger partial charge in [0, 0.05) is 0 Å². The monoisotopic (exact) mass is 468 g/mol. The molecule has 0 atom stereocenters. The summed E-state index contributed by atoms with van der Waals surface area (Å²) < 4.78 is 0. The van der Waals surface area contributed by atoms with Gasteiger partial charge in [-0.15, -0.1) is 0 Å². The van der Waals surface area contributed by atoms with Crippen molar-refractivity contribution in [1.29, 1.82) is 0 Å². The zero-order valence-electron chi connectivity index (χ0n) is 21.2. The zero-order chi connectivity index (χ0) is 25.6. The van der Waals surface area contributed by atoms with Crippen LogP contribution in [0.3, 0.4) is 0 Å². The summed E-state index contributed by atoms with van der Waals surface area (Å²) in [6, 6.07) is 34.2. The Hall–Kier alpha value is -4.16. The Morgan fingerprint density at radius 2 is 0.694 bits per heavy atom. The molecule has 0 saturated carbocycles. The van der Waals surface area contributed by atoms with Gasteiger partial charge in [-0.05, 0) is 70.2 Å². The topological polar surface area (TPSA) is 0 Å². The minimum Gasteiger partial charge on any atom is -0.0985 e. The maximum absolute atomic E-state index is 3.80. The fraction of sp³-hybridized carbons (Fsp3) is 0.111. The molecule has 0 spiro atoms. The SMILES string of the molecule is C=Cc1ccc(CCc2cccc(C=C)c2)cc1.C=Cc1cccc(CCc2cccc(C=C)c2)c1. The Morgan fingerprint density at radius 1 is 0.361 bits per heavy atom. The highest BCUT2D eigenvalue weighted by Crippen LogP contribution is 2.13. The van der Waals surface area contributed by atoms with Gasteiger partial charge in [0.2, 0.25) is 0 Å². The van der Waals surface area contributed by atoms with Crippen molar-refractivity contribution in [3.63, 3.8) is 0 Å². The van der Waals surface area contributed by atoms with E-state index in [-0.39, 0.29) is 0 Å². The van der Waals surface area contributed by atoms with Crippen LogP contribution in [-0.2, 0) is 25.7 Å². The Balaban J connectivity index is 0.000000201. The number of rotatable bonds is 10. The minimum atomic E-state index is 1.06. The van der Waals surface area contributed by atoms with Crippen LogP contribution in [0.25, 0.3) is 24.3 Å². The van der Waals surface area contributed by atoms with Crippen molar-refractivity contribution in [2.75, 3.05) is 0 Å². The van der Waals surface area contributed by atoms with Gasteiger partial charge in [0.25, 0.3) is 0 Å². The second-order valence-electron chi connectivity index (χ2n) is 8.79. The van der Waals surface area contributed by atoms with E-state index in [4.69, 9.17) is 0 Å². The summed E-state index contributed by atoms with van der Waals surface area (Å²) >= 11 is 0. The lowest BCUT2D eigenvalue weighted by molar-refractivity contribution is 0.959. The molecule has 0 unspecified atom stereocenters.